The highest BCUT2D eigenvalue weighted by Gasteiger charge is 2.28. The van der Waals surface area contributed by atoms with Gasteiger partial charge in [0.2, 0.25) is 0 Å². The van der Waals surface area contributed by atoms with Gasteiger partial charge in [-0.2, -0.15) is 0 Å². The molecule has 0 saturated carbocycles. The molecule has 3 rings (SSSR count). The molecule has 1 amide bonds. The van der Waals surface area contributed by atoms with E-state index in [4.69, 9.17) is 4.74 Å². The van der Waals surface area contributed by atoms with Gasteiger partial charge in [0.05, 0.1) is 5.57 Å². The van der Waals surface area contributed by atoms with E-state index in [0.717, 1.165) is 35.7 Å². The van der Waals surface area contributed by atoms with Gasteiger partial charge in [-0.25, -0.2) is 4.79 Å². The highest BCUT2D eigenvalue weighted by molar-refractivity contribution is 7.12. The average Bonchev–Trinajstić information content (AvgIpc) is 3.33. The summed E-state index contributed by atoms with van der Waals surface area (Å²) in [4.78, 5) is 29.0. The van der Waals surface area contributed by atoms with Crippen molar-refractivity contribution >= 4 is 46.2 Å². The summed E-state index contributed by atoms with van der Waals surface area (Å²) in [7, 11) is 0. The van der Waals surface area contributed by atoms with E-state index in [1.54, 1.807) is 18.3 Å². The average molecular weight is 390 g/mol. The van der Waals surface area contributed by atoms with Gasteiger partial charge in [0.1, 0.15) is 0 Å². The third kappa shape index (κ3) is 4.62. The molecule has 1 saturated heterocycles. The van der Waals surface area contributed by atoms with E-state index in [1.807, 2.05) is 46.0 Å². The number of hydrogen-bond acceptors (Lipinski definition) is 5. The Kier molecular flexibility index (Phi) is 6.27. The molecular weight excluding hydrogens is 366 g/mol. The normalized spacial score (nSPS) is 17.2. The van der Waals surface area contributed by atoms with Gasteiger partial charge in [0, 0.05) is 22.8 Å². The molecule has 1 atom stereocenters. The van der Waals surface area contributed by atoms with Gasteiger partial charge in [0.25, 0.3) is 5.91 Å². The van der Waals surface area contributed by atoms with Crippen LogP contribution in [-0.2, 0) is 14.3 Å². The Morgan fingerprint density at radius 2 is 1.88 bits per heavy atom. The zero-order valence-electron chi connectivity index (χ0n) is 15.0. The van der Waals surface area contributed by atoms with Crippen LogP contribution in [0.1, 0.15) is 36.4 Å². The molecule has 2 aromatic rings. The van der Waals surface area contributed by atoms with Crippen molar-refractivity contribution in [3.05, 3.63) is 44.8 Å². The van der Waals surface area contributed by atoms with E-state index < -0.39 is 12.1 Å². The largest absolute Gasteiger partial charge is 0.449 e. The molecule has 1 aliphatic heterocycles. The molecule has 0 aliphatic carbocycles. The Balaban J connectivity index is 1.70. The van der Waals surface area contributed by atoms with E-state index in [0.29, 0.717) is 11.5 Å². The number of ether oxygens (including phenoxy) is 1. The lowest BCUT2D eigenvalue weighted by molar-refractivity contribution is -0.155. The summed E-state index contributed by atoms with van der Waals surface area (Å²) in [5, 5.41) is 3.89. The SMILES string of the molecule is CC1CCN(C(=O)[C@H](C)OC(=O)/C(=C/c2cccs2)c2cccs2)CC1. The second kappa shape index (κ2) is 8.64. The van der Waals surface area contributed by atoms with Gasteiger partial charge >= 0.3 is 5.97 Å². The molecule has 6 heteroatoms. The minimum Gasteiger partial charge on any atom is -0.449 e. The molecule has 0 bridgehead atoms. The van der Waals surface area contributed by atoms with Crippen LogP contribution >= 0.6 is 22.7 Å². The predicted molar refractivity (Wildman–Crippen MR) is 107 cm³/mol. The van der Waals surface area contributed by atoms with Crippen LogP contribution in [0.5, 0.6) is 0 Å². The van der Waals surface area contributed by atoms with Crippen LogP contribution < -0.4 is 0 Å². The van der Waals surface area contributed by atoms with E-state index in [1.165, 1.54) is 11.3 Å². The van der Waals surface area contributed by atoms with E-state index in [-0.39, 0.29) is 5.91 Å². The van der Waals surface area contributed by atoms with Crippen LogP contribution in [-0.4, -0.2) is 36.0 Å². The number of carbonyl (C=O) groups excluding carboxylic acids is 2. The fourth-order valence-corrected chi connectivity index (χ4v) is 4.33. The number of esters is 1. The molecule has 3 heterocycles. The predicted octanol–water partition coefficient (Wildman–Crippen LogP) is 4.54. The molecule has 0 spiro atoms. The van der Waals surface area contributed by atoms with Crippen LogP contribution in [0.3, 0.4) is 0 Å². The van der Waals surface area contributed by atoms with Crippen LogP contribution in [0.15, 0.2) is 35.0 Å². The first kappa shape index (κ1) is 18.9. The van der Waals surface area contributed by atoms with Crippen molar-refractivity contribution in [2.75, 3.05) is 13.1 Å². The summed E-state index contributed by atoms with van der Waals surface area (Å²) >= 11 is 3.04. The van der Waals surface area contributed by atoms with Gasteiger partial charge in [-0.3, -0.25) is 4.79 Å². The molecule has 0 unspecified atom stereocenters. The maximum atomic E-state index is 12.8. The molecule has 0 aromatic carbocycles. The van der Waals surface area contributed by atoms with E-state index >= 15 is 0 Å². The Morgan fingerprint density at radius 1 is 1.19 bits per heavy atom. The molecule has 1 aliphatic rings. The lowest BCUT2D eigenvalue weighted by Gasteiger charge is -2.32. The summed E-state index contributed by atoms with van der Waals surface area (Å²) in [6.45, 7) is 5.35. The zero-order chi connectivity index (χ0) is 18.5. The molecule has 4 nitrogen and oxygen atoms in total. The second-order valence-electron chi connectivity index (χ2n) is 6.61. The summed E-state index contributed by atoms with van der Waals surface area (Å²) in [6.07, 6.45) is 3.07. The molecule has 2 aromatic heterocycles. The summed E-state index contributed by atoms with van der Waals surface area (Å²) < 4.78 is 5.54. The first-order valence-corrected chi connectivity index (χ1v) is 10.6. The first-order valence-electron chi connectivity index (χ1n) is 8.83. The number of amides is 1. The fourth-order valence-electron chi connectivity index (χ4n) is 2.94. The van der Waals surface area contributed by atoms with Crippen LogP contribution in [0.4, 0.5) is 0 Å². The van der Waals surface area contributed by atoms with Crippen molar-refractivity contribution in [2.45, 2.75) is 32.8 Å². The standard InChI is InChI=1S/C20H23NO3S2/c1-14-7-9-21(10-8-14)19(22)15(2)24-20(23)17(18-6-4-12-26-18)13-16-5-3-11-25-16/h3-6,11-15H,7-10H2,1-2H3/b17-13+/t15-/m0/s1. The van der Waals surface area contributed by atoms with Crippen molar-refractivity contribution in [3.8, 4) is 0 Å². The Bertz CT molecular complexity index is 757. The molecule has 26 heavy (non-hydrogen) atoms. The van der Waals surface area contributed by atoms with Gasteiger partial charge in [0.15, 0.2) is 6.10 Å². The van der Waals surface area contributed by atoms with Crippen molar-refractivity contribution in [1.29, 1.82) is 0 Å². The molecule has 0 N–H and O–H groups in total. The number of piperidine rings is 1. The van der Waals surface area contributed by atoms with Gasteiger partial charge in [-0.05, 0) is 54.7 Å². The quantitative estimate of drug-likeness (QED) is 0.557. The number of likely N-dealkylation sites (tertiary alicyclic amines) is 1. The number of hydrogen-bond donors (Lipinski definition) is 0. The number of thiophene rings is 2. The summed E-state index contributed by atoms with van der Waals surface area (Å²) in [6, 6.07) is 7.69. The number of rotatable bonds is 5. The first-order chi connectivity index (χ1) is 12.5. The highest BCUT2D eigenvalue weighted by Crippen LogP contribution is 2.26. The van der Waals surface area contributed by atoms with Gasteiger partial charge < -0.3 is 9.64 Å². The molecular formula is C20H23NO3S2. The Labute approximate surface area is 162 Å². The molecule has 0 radical (unpaired) electrons. The van der Waals surface area contributed by atoms with Crippen molar-refractivity contribution in [3.63, 3.8) is 0 Å². The van der Waals surface area contributed by atoms with Gasteiger partial charge in [-0.15, -0.1) is 22.7 Å². The lowest BCUT2D eigenvalue weighted by atomic mass is 9.99. The number of carbonyl (C=O) groups is 2. The van der Waals surface area contributed by atoms with Crippen molar-refractivity contribution in [1.82, 2.24) is 4.90 Å². The second-order valence-corrected chi connectivity index (χ2v) is 8.53. The zero-order valence-corrected chi connectivity index (χ0v) is 16.6. The number of nitrogens with zero attached hydrogens (tertiary/aromatic N) is 1. The van der Waals surface area contributed by atoms with Crippen LogP contribution in [0.2, 0.25) is 0 Å². The van der Waals surface area contributed by atoms with E-state index in [2.05, 4.69) is 6.92 Å². The molecule has 1 fully saturated rings. The monoisotopic (exact) mass is 389 g/mol. The lowest BCUT2D eigenvalue weighted by Crippen LogP contribution is -2.44. The third-order valence-electron chi connectivity index (χ3n) is 4.56. The third-order valence-corrected chi connectivity index (χ3v) is 6.29. The summed E-state index contributed by atoms with van der Waals surface area (Å²) in [5.74, 6) is 0.0926. The highest BCUT2D eigenvalue weighted by atomic mass is 32.1. The topological polar surface area (TPSA) is 46.6 Å². The minimum absolute atomic E-state index is 0.105. The summed E-state index contributed by atoms with van der Waals surface area (Å²) in [5.41, 5.74) is 0.495. The maximum Gasteiger partial charge on any atom is 0.340 e. The van der Waals surface area contributed by atoms with Crippen molar-refractivity contribution in [2.24, 2.45) is 5.92 Å². The minimum atomic E-state index is -0.775. The van der Waals surface area contributed by atoms with Crippen molar-refractivity contribution < 1.29 is 14.3 Å². The van der Waals surface area contributed by atoms with Crippen LogP contribution in [0.25, 0.3) is 11.6 Å². The van der Waals surface area contributed by atoms with E-state index in [9.17, 15) is 9.59 Å². The maximum absolute atomic E-state index is 12.8. The van der Waals surface area contributed by atoms with Crippen LogP contribution in [0, 0.1) is 5.92 Å². The van der Waals surface area contributed by atoms with Gasteiger partial charge in [-0.1, -0.05) is 19.1 Å². The smallest absolute Gasteiger partial charge is 0.340 e. The fraction of sp³-hybridized carbons (Fsp3) is 0.400. The Morgan fingerprint density at radius 3 is 2.50 bits per heavy atom. The Hall–Kier alpha value is -1.92. The molecule has 138 valence electrons.